The number of benzene rings is 1. The van der Waals surface area contributed by atoms with Gasteiger partial charge in [-0.05, 0) is 37.3 Å². The Morgan fingerprint density at radius 2 is 2.07 bits per heavy atom. The van der Waals surface area contributed by atoms with Gasteiger partial charge in [-0.25, -0.2) is 8.78 Å². The molecule has 1 aromatic carbocycles. The van der Waals surface area contributed by atoms with Crippen LogP contribution >= 0.6 is 15.9 Å². The lowest BCUT2D eigenvalue weighted by Gasteiger charge is -2.06. The summed E-state index contributed by atoms with van der Waals surface area (Å²) in [7, 11) is 0. The van der Waals surface area contributed by atoms with Crippen molar-refractivity contribution in [1.29, 1.82) is 0 Å². The van der Waals surface area contributed by atoms with Crippen molar-refractivity contribution >= 4 is 15.9 Å². The molecule has 0 heterocycles. The van der Waals surface area contributed by atoms with Crippen molar-refractivity contribution in [2.75, 3.05) is 0 Å². The second kappa shape index (κ2) is 6.21. The van der Waals surface area contributed by atoms with Gasteiger partial charge in [0.2, 0.25) is 0 Å². The molecule has 0 bridgehead atoms. The summed E-state index contributed by atoms with van der Waals surface area (Å²) in [5.74, 6) is -0.944. The third-order valence-corrected chi connectivity index (χ3v) is 3.53. The normalized spacial score (nSPS) is 12.8. The number of rotatable bonds is 5. The first-order valence-electron chi connectivity index (χ1n) is 5.21. The van der Waals surface area contributed by atoms with E-state index in [-0.39, 0.29) is 0 Å². The molecule has 0 aliphatic heterocycles. The van der Waals surface area contributed by atoms with Gasteiger partial charge in [0.05, 0.1) is 0 Å². The van der Waals surface area contributed by atoms with Crippen molar-refractivity contribution in [3.8, 4) is 0 Å². The van der Waals surface area contributed by atoms with E-state index in [1.807, 2.05) is 0 Å². The second-order valence-electron chi connectivity index (χ2n) is 3.63. The molecule has 0 aromatic heterocycles. The lowest BCUT2D eigenvalue weighted by Crippen LogP contribution is -1.98. The fourth-order valence-electron chi connectivity index (χ4n) is 1.44. The Kier molecular flexibility index (Phi) is 5.23. The third kappa shape index (κ3) is 4.29. The van der Waals surface area contributed by atoms with Crippen LogP contribution in [0.25, 0.3) is 0 Å². The number of halogens is 3. The zero-order valence-corrected chi connectivity index (χ0v) is 10.4. The Labute approximate surface area is 97.8 Å². The number of alkyl halides is 1. The van der Waals surface area contributed by atoms with Gasteiger partial charge in [0, 0.05) is 10.9 Å². The van der Waals surface area contributed by atoms with E-state index in [1.165, 1.54) is 12.1 Å². The predicted molar refractivity (Wildman–Crippen MR) is 62.3 cm³/mol. The highest BCUT2D eigenvalue weighted by Crippen LogP contribution is 2.16. The Morgan fingerprint density at radius 3 is 2.67 bits per heavy atom. The maximum atomic E-state index is 13.2. The third-order valence-electron chi connectivity index (χ3n) is 2.42. The Morgan fingerprint density at radius 1 is 1.33 bits per heavy atom. The van der Waals surface area contributed by atoms with Crippen molar-refractivity contribution in [3.63, 3.8) is 0 Å². The van der Waals surface area contributed by atoms with Crippen molar-refractivity contribution in [3.05, 3.63) is 35.4 Å². The highest BCUT2D eigenvalue weighted by molar-refractivity contribution is 9.09. The van der Waals surface area contributed by atoms with Crippen LogP contribution in [-0.4, -0.2) is 4.83 Å². The van der Waals surface area contributed by atoms with Gasteiger partial charge in [-0.3, -0.25) is 0 Å². The molecule has 0 aliphatic rings. The van der Waals surface area contributed by atoms with E-state index >= 15 is 0 Å². The summed E-state index contributed by atoms with van der Waals surface area (Å²) in [5.41, 5.74) is 0.604. The molecule has 0 fully saturated rings. The number of aryl methyl sites for hydroxylation is 1. The smallest absolute Gasteiger partial charge is 0.129 e. The zero-order chi connectivity index (χ0) is 11.3. The molecule has 15 heavy (non-hydrogen) atoms. The average Bonchev–Trinajstić information content (AvgIpc) is 2.21. The summed E-state index contributed by atoms with van der Waals surface area (Å²) in [6.07, 6.45) is 3.69. The predicted octanol–water partition coefficient (Wildman–Crippen LogP) is 4.46. The SMILES string of the molecule is CCC(Br)CCCc1ccc(F)cc1F. The van der Waals surface area contributed by atoms with Crippen molar-refractivity contribution in [2.24, 2.45) is 0 Å². The molecule has 3 heteroatoms. The Balaban J connectivity index is 2.44. The molecule has 0 amide bonds. The van der Waals surface area contributed by atoms with Crippen LogP contribution in [0.5, 0.6) is 0 Å². The Bertz CT molecular complexity index is 312. The average molecular weight is 277 g/mol. The number of hydrogen-bond donors (Lipinski definition) is 0. The molecule has 0 saturated carbocycles. The highest BCUT2D eigenvalue weighted by atomic mass is 79.9. The van der Waals surface area contributed by atoms with Gasteiger partial charge in [-0.2, -0.15) is 0 Å². The van der Waals surface area contributed by atoms with Crippen LogP contribution in [0, 0.1) is 11.6 Å². The van der Waals surface area contributed by atoms with Crippen LogP contribution in [0.15, 0.2) is 18.2 Å². The molecule has 0 saturated heterocycles. The first kappa shape index (κ1) is 12.6. The molecule has 1 aromatic rings. The first-order chi connectivity index (χ1) is 7.13. The van der Waals surface area contributed by atoms with Crippen molar-refractivity contribution in [1.82, 2.24) is 0 Å². The van der Waals surface area contributed by atoms with Crippen LogP contribution in [0.3, 0.4) is 0 Å². The quantitative estimate of drug-likeness (QED) is 0.697. The summed E-state index contributed by atoms with van der Waals surface area (Å²) < 4.78 is 25.8. The summed E-state index contributed by atoms with van der Waals surface area (Å²) in [6, 6.07) is 3.78. The minimum absolute atomic E-state index is 0.433. The van der Waals surface area contributed by atoms with E-state index in [0.29, 0.717) is 16.8 Å². The molecule has 0 nitrogen and oxygen atoms in total. The lowest BCUT2D eigenvalue weighted by atomic mass is 10.1. The zero-order valence-electron chi connectivity index (χ0n) is 8.77. The van der Waals surface area contributed by atoms with Crippen LogP contribution < -0.4 is 0 Å². The Hall–Kier alpha value is -0.440. The van der Waals surface area contributed by atoms with Gasteiger partial charge >= 0.3 is 0 Å². The standard InChI is InChI=1S/C12H15BrF2/c1-2-10(13)5-3-4-9-6-7-11(14)8-12(9)15/h6-8,10H,2-5H2,1H3. The van der Waals surface area contributed by atoms with Gasteiger partial charge in [0.15, 0.2) is 0 Å². The second-order valence-corrected chi connectivity index (χ2v) is 4.93. The maximum Gasteiger partial charge on any atom is 0.129 e. The molecule has 0 spiro atoms. The molecule has 0 aliphatic carbocycles. The van der Waals surface area contributed by atoms with Crippen LogP contribution in [-0.2, 0) is 6.42 Å². The highest BCUT2D eigenvalue weighted by Gasteiger charge is 2.05. The summed E-state index contributed by atoms with van der Waals surface area (Å²) in [5, 5.41) is 0. The fraction of sp³-hybridized carbons (Fsp3) is 0.500. The molecule has 0 radical (unpaired) electrons. The monoisotopic (exact) mass is 276 g/mol. The van der Waals surface area contributed by atoms with E-state index < -0.39 is 11.6 Å². The van der Waals surface area contributed by atoms with E-state index in [0.717, 1.165) is 25.3 Å². The minimum atomic E-state index is -0.511. The summed E-state index contributed by atoms with van der Waals surface area (Å²) in [4.78, 5) is 0.501. The van der Waals surface area contributed by atoms with Crippen molar-refractivity contribution in [2.45, 2.75) is 37.4 Å². The van der Waals surface area contributed by atoms with E-state index in [9.17, 15) is 8.78 Å². The fourth-order valence-corrected chi connectivity index (χ4v) is 1.77. The summed E-state index contributed by atoms with van der Waals surface area (Å²) in [6.45, 7) is 2.11. The van der Waals surface area contributed by atoms with E-state index in [2.05, 4.69) is 22.9 Å². The first-order valence-corrected chi connectivity index (χ1v) is 6.13. The van der Waals surface area contributed by atoms with Gasteiger partial charge < -0.3 is 0 Å². The van der Waals surface area contributed by atoms with Crippen LogP contribution in [0.1, 0.15) is 31.7 Å². The topological polar surface area (TPSA) is 0 Å². The summed E-state index contributed by atoms with van der Waals surface area (Å²) >= 11 is 3.53. The van der Waals surface area contributed by atoms with Crippen molar-refractivity contribution < 1.29 is 8.78 Å². The maximum absolute atomic E-state index is 13.2. The van der Waals surface area contributed by atoms with Gasteiger partial charge in [-0.1, -0.05) is 28.9 Å². The molecule has 1 rings (SSSR count). The van der Waals surface area contributed by atoms with E-state index in [4.69, 9.17) is 0 Å². The molecular formula is C12H15BrF2. The lowest BCUT2D eigenvalue weighted by molar-refractivity contribution is 0.566. The number of hydrogen-bond acceptors (Lipinski definition) is 0. The largest absolute Gasteiger partial charge is 0.207 e. The molecule has 1 unspecified atom stereocenters. The van der Waals surface area contributed by atoms with Gasteiger partial charge in [-0.15, -0.1) is 0 Å². The minimum Gasteiger partial charge on any atom is -0.207 e. The molecule has 0 N–H and O–H groups in total. The molecule has 1 atom stereocenters. The molecular weight excluding hydrogens is 262 g/mol. The molecule has 84 valence electrons. The van der Waals surface area contributed by atoms with Crippen LogP contribution in [0.4, 0.5) is 8.78 Å². The van der Waals surface area contributed by atoms with Gasteiger partial charge in [0.1, 0.15) is 11.6 Å². The van der Waals surface area contributed by atoms with Gasteiger partial charge in [0.25, 0.3) is 0 Å². The van der Waals surface area contributed by atoms with E-state index in [1.54, 1.807) is 0 Å². The van der Waals surface area contributed by atoms with Crippen LogP contribution in [0.2, 0.25) is 0 Å².